The highest BCUT2D eigenvalue weighted by Crippen LogP contribution is 2.23. The van der Waals surface area contributed by atoms with Gasteiger partial charge < -0.3 is 4.57 Å². The first kappa shape index (κ1) is 15.3. The lowest BCUT2D eigenvalue weighted by Crippen LogP contribution is -2.15. The molecule has 0 amide bonds. The fourth-order valence-corrected chi connectivity index (χ4v) is 3.42. The number of benzene rings is 2. The lowest BCUT2D eigenvalue weighted by atomic mass is 10.3. The zero-order valence-corrected chi connectivity index (χ0v) is 13.2. The van der Waals surface area contributed by atoms with E-state index in [1.165, 1.54) is 24.3 Å². The Morgan fingerprint density at radius 2 is 1.57 bits per heavy atom. The van der Waals surface area contributed by atoms with Crippen LogP contribution in [0, 0.1) is 12.7 Å². The fraction of sp³-hybridized carbons (Fsp3) is 0.0588. The monoisotopic (exact) mass is 330 g/mol. The van der Waals surface area contributed by atoms with Crippen LogP contribution < -0.4 is 4.72 Å². The Morgan fingerprint density at radius 3 is 2.22 bits per heavy atom. The van der Waals surface area contributed by atoms with Gasteiger partial charge in [-0.05, 0) is 55.5 Å². The minimum Gasteiger partial charge on any atom is -0.300 e. The number of nitrogens with one attached hydrogen (secondary N) is 1. The molecule has 0 aliphatic carbocycles. The molecular formula is C17H15FN2O2S. The third-order valence-corrected chi connectivity index (χ3v) is 4.82. The zero-order valence-electron chi connectivity index (χ0n) is 12.4. The molecule has 1 heterocycles. The standard InChI is InChI=1S/C17H15FN2O2S/c1-13-7-12-17(20(13)15-10-8-14(18)9-11-15)19-23(21,22)16-5-3-2-4-6-16/h2-12,19H,1H3. The van der Waals surface area contributed by atoms with Gasteiger partial charge in [-0.1, -0.05) is 18.2 Å². The first-order valence-corrected chi connectivity index (χ1v) is 8.48. The van der Waals surface area contributed by atoms with Crippen molar-refractivity contribution in [1.29, 1.82) is 0 Å². The molecule has 2 aromatic carbocycles. The van der Waals surface area contributed by atoms with Gasteiger partial charge in [0.15, 0.2) is 0 Å². The maximum atomic E-state index is 13.1. The number of anilines is 1. The van der Waals surface area contributed by atoms with Crippen molar-refractivity contribution in [3.8, 4) is 5.69 Å². The predicted molar refractivity (Wildman–Crippen MR) is 87.7 cm³/mol. The highest BCUT2D eigenvalue weighted by atomic mass is 32.2. The van der Waals surface area contributed by atoms with E-state index in [-0.39, 0.29) is 10.7 Å². The number of sulfonamides is 1. The summed E-state index contributed by atoms with van der Waals surface area (Å²) in [6, 6.07) is 17.5. The van der Waals surface area contributed by atoms with Gasteiger partial charge in [0, 0.05) is 11.4 Å². The second kappa shape index (κ2) is 5.89. The molecule has 3 rings (SSSR count). The molecule has 0 saturated heterocycles. The maximum absolute atomic E-state index is 13.1. The van der Waals surface area contributed by atoms with Crippen LogP contribution in [0.2, 0.25) is 0 Å². The van der Waals surface area contributed by atoms with Crippen molar-refractivity contribution in [2.45, 2.75) is 11.8 Å². The highest BCUT2D eigenvalue weighted by molar-refractivity contribution is 7.92. The number of rotatable bonds is 4. The summed E-state index contributed by atoms with van der Waals surface area (Å²) in [5, 5.41) is 0. The van der Waals surface area contributed by atoms with Crippen LogP contribution >= 0.6 is 0 Å². The molecule has 0 saturated carbocycles. The molecule has 0 radical (unpaired) electrons. The number of halogens is 1. The minimum atomic E-state index is -3.68. The van der Waals surface area contributed by atoms with E-state index in [1.807, 2.05) is 6.92 Å². The van der Waals surface area contributed by atoms with E-state index in [1.54, 1.807) is 47.0 Å². The first-order chi connectivity index (χ1) is 11.0. The Bertz CT molecular complexity index is 917. The second-order valence-corrected chi connectivity index (χ2v) is 6.77. The Morgan fingerprint density at radius 1 is 0.913 bits per heavy atom. The molecule has 1 N–H and O–H groups in total. The van der Waals surface area contributed by atoms with Gasteiger partial charge in [-0.2, -0.15) is 0 Å². The highest BCUT2D eigenvalue weighted by Gasteiger charge is 2.17. The van der Waals surface area contributed by atoms with Gasteiger partial charge in [0.2, 0.25) is 0 Å². The normalized spacial score (nSPS) is 11.4. The summed E-state index contributed by atoms with van der Waals surface area (Å²) in [5.74, 6) is 0.0583. The molecule has 0 bridgehead atoms. The van der Waals surface area contributed by atoms with Crippen molar-refractivity contribution in [3.05, 3.63) is 78.2 Å². The van der Waals surface area contributed by atoms with Crippen molar-refractivity contribution < 1.29 is 12.8 Å². The average molecular weight is 330 g/mol. The van der Waals surface area contributed by atoms with Crippen molar-refractivity contribution in [1.82, 2.24) is 4.57 Å². The van der Waals surface area contributed by atoms with Gasteiger partial charge in [-0.15, -0.1) is 0 Å². The molecule has 118 valence electrons. The van der Waals surface area contributed by atoms with Crippen LogP contribution in [0.4, 0.5) is 10.2 Å². The van der Waals surface area contributed by atoms with Gasteiger partial charge in [0.1, 0.15) is 11.6 Å². The van der Waals surface area contributed by atoms with Crippen molar-refractivity contribution in [3.63, 3.8) is 0 Å². The van der Waals surface area contributed by atoms with Gasteiger partial charge >= 0.3 is 0 Å². The number of hydrogen-bond donors (Lipinski definition) is 1. The summed E-state index contributed by atoms with van der Waals surface area (Å²) >= 11 is 0. The number of aryl methyl sites for hydroxylation is 1. The molecule has 0 fully saturated rings. The minimum absolute atomic E-state index is 0.185. The van der Waals surface area contributed by atoms with Crippen LogP contribution in [-0.4, -0.2) is 13.0 Å². The Balaban J connectivity index is 2.01. The van der Waals surface area contributed by atoms with E-state index in [0.717, 1.165) is 5.69 Å². The Labute approximate surface area is 134 Å². The summed E-state index contributed by atoms with van der Waals surface area (Å²) in [6.07, 6.45) is 0. The van der Waals surface area contributed by atoms with Crippen LogP contribution in [0.25, 0.3) is 5.69 Å². The maximum Gasteiger partial charge on any atom is 0.263 e. The molecule has 23 heavy (non-hydrogen) atoms. The van der Waals surface area contributed by atoms with E-state index < -0.39 is 10.0 Å². The number of aromatic nitrogens is 1. The third-order valence-electron chi connectivity index (χ3n) is 3.45. The third kappa shape index (κ3) is 3.12. The summed E-state index contributed by atoms with van der Waals surface area (Å²) in [7, 11) is -3.68. The molecule has 4 nitrogen and oxygen atoms in total. The number of hydrogen-bond acceptors (Lipinski definition) is 2. The molecule has 0 spiro atoms. The van der Waals surface area contributed by atoms with Gasteiger partial charge in [-0.25, -0.2) is 12.8 Å². The molecule has 0 unspecified atom stereocenters. The van der Waals surface area contributed by atoms with Crippen LogP contribution in [0.15, 0.2) is 71.6 Å². The van der Waals surface area contributed by atoms with Crippen LogP contribution in [0.1, 0.15) is 5.69 Å². The largest absolute Gasteiger partial charge is 0.300 e. The van der Waals surface area contributed by atoms with Crippen molar-refractivity contribution >= 4 is 15.8 Å². The molecule has 1 aromatic heterocycles. The summed E-state index contributed by atoms with van der Waals surface area (Å²) in [6.45, 7) is 1.85. The zero-order chi connectivity index (χ0) is 16.4. The molecule has 3 aromatic rings. The van der Waals surface area contributed by atoms with E-state index in [9.17, 15) is 12.8 Å². The Hall–Kier alpha value is -2.60. The number of nitrogens with zero attached hydrogens (tertiary/aromatic N) is 1. The van der Waals surface area contributed by atoms with E-state index in [0.29, 0.717) is 11.5 Å². The smallest absolute Gasteiger partial charge is 0.263 e. The van der Waals surface area contributed by atoms with Gasteiger partial charge in [-0.3, -0.25) is 4.72 Å². The lowest BCUT2D eigenvalue weighted by molar-refractivity contribution is 0.601. The van der Waals surface area contributed by atoms with Gasteiger partial charge in [0.25, 0.3) is 10.0 Å². The predicted octanol–water partition coefficient (Wildman–Crippen LogP) is 3.73. The SMILES string of the molecule is Cc1ccc(NS(=O)(=O)c2ccccc2)n1-c1ccc(F)cc1. The molecular weight excluding hydrogens is 315 g/mol. The topological polar surface area (TPSA) is 51.1 Å². The van der Waals surface area contributed by atoms with E-state index >= 15 is 0 Å². The average Bonchev–Trinajstić information content (AvgIpc) is 2.89. The Kier molecular flexibility index (Phi) is 3.92. The van der Waals surface area contributed by atoms with Crippen LogP contribution in [-0.2, 0) is 10.0 Å². The first-order valence-electron chi connectivity index (χ1n) is 6.99. The van der Waals surface area contributed by atoms with E-state index in [2.05, 4.69) is 4.72 Å². The molecule has 0 aliphatic heterocycles. The second-order valence-electron chi connectivity index (χ2n) is 5.09. The summed E-state index contributed by atoms with van der Waals surface area (Å²) in [5.41, 5.74) is 1.52. The summed E-state index contributed by atoms with van der Waals surface area (Å²) in [4.78, 5) is 0.185. The lowest BCUT2D eigenvalue weighted by Gasteiger charge is -2.14. The molecule has 0 aliphatic rings. The van der Waals surface area contributed by atoms with Crippen molar-refractivity contribution in [2.24, 2.45) is 0 Å². The summed E-state index contributed by atoms with van der Waals surface area (Å²) < 4.78 is 42.3. The fourth-order valence-electron chi connectivity index (χ4n) is 2.35. The molecule has 6 heteroatoms. The van der Waals surface area contributed by atoms with Crippen molar-refractivity contribution in [2.75, 3.05) is 4.72 Å². The van der Waals surface area contributed by atoms with Crippen LogP contribution in [0.5, 0.6) is 0 Å². The van der Waals surface area contributed by atoms with Gasteiger partial charge in [0.05, 0.1) is 4.90 Å². The quantitative estimate of drug-likeness (QED) is 0.792. The molecule has 0 atom stereocenters. The van der Waals surface area contributed by atoms with E-state index in [4.69, 9.17) is 0 Å². The van der Waals surface area contributed by atoms with Crippen LogP contribution in [0.3, 0.4) is 0 Å².